The molecule has 0 unspecified atom stereocenters. The zero-order chi connectivity index (χ0) is 17.1. The first kappa shape index (κ1) is 15.9. The van der Waals surface area contributed by atoms with Gasteiger partial charge in [0.1, 0.15) is 0 Å². The number of hydrogen-bond acceptors (Lipinski definition) is 2. The Bertz CT molecular complexity index is 826. The van der Waals surface area contributed by atoms with Crippen molar-refractivity contribution in [3.8, 4) is 0 Å². The van der Waals surface area contributed by atoms with Crippen molar-refractivity contribution in [2.75, 3.05) is 13.1 Å². The second-order valence-corrected chi connectivity index (χ2v) is 6.81. The molecule has 126 valence electrons. The minimum Gasteiger partial charge on any atom is -0.374 e. The summed E-state index contributed by atoms with van der Waals surface area (Å²) in [5.74, 6) is 0.0653. The molecule has 25 heavy (non-hydrogen) atoms. The van der Waals surface area contributed by atoms with E-state index in [9.17, 15) is 4.79 Å². The lowest BCUT2D eigenvalue weighted by Crippen LogP contribution is -2.29. The van der Waals surface area contributed by atoms with Gasteiger partial charge in [0, 0.05) is 36.3 Å². The Balaban J connectivity index is 1.67. The largest absolute Gasteiger partial charge is 0.374 e. The fourth-order valence-electron chi connectivity index (χ4n) is 3.86. The molecule has 1 aliphatic heterocycles. The normalized spacial score (nSPS) is 17.2. The van der Waals surface area contributed by atoms with Crippen LogP contribution in [0.2, 0.25) is 0 Å². The molecular formula is C23H23NO. The predicted molar refractivity (Wildman–Crippen MR) is 102 cm³/mol. The summed E-state index contributed by atoms with van der Waals surface area (Å²) in [4.78, 5) is 15.0. The Morgan fingerprint density at radius 2 is 1.60 bits per heavy atom. The molecule has 2 aliphatic rings. The molecule has 2 nitrogen and oxygen atoms in total. The van der Waals surface area contributed by atoms with E-state index in [-0.39, 0.29) is 5.78 Å². The average Bonchev–Trinajstić information content (AvgIpc) is 3.06. The fourth-order valence-corrected chi connectivity index (χ4v) is 3.86. The number of carbonyl (C=O) groups excluding carboxylic acids is 1. The molecule has 2 aromatic rings. The molecule has 0 saturated carbocycles. The molecule has 0 amide bonds. The number of piperidine rings is 1. The van der Waals surface area contributed by atoms with Crippen molar-refractivity contribution >= 4 is 11.4 Å². The highest BCUT2D eigenvalue weighted by molar-refractivity contribution is 6.06. The number of carbonyl (C=O) groups is 1. The number of allylic oxidation sites excluding steroid dienone is 4. The number of benzene rings is 2. The van der Waals surface area contributed by atoms with E-state index >= 15 is 0 Å². The Kier molecular flexibility index (Phi) is 4.51. The summed E-state index contributed by atoms with van der Waals surface area (Å²) in [6.07, 6.45) is 8.60. The van der Waals surface area contributed by atoms with Crippen molar-refractivity contribution in [3.05, 3.63) is 89.1 Å². The Morgan fingerprint density at radius 3 is 2.40 bits per heavy atom. The maximum atomic E-state index is 12.5. The molecular weight excluding hydrogens is 306 g/mol. The highest BCUT2D eigenvalue weighted by Crippen LogP contribution is 2.36. The van der Waals surface area contributed by atoms with Crippen molar-refractivity contribution in [2.24, 2.45) is 0 Å². The van der Waals surface area contributed by atoms with Crippen molar-refractivity contribution in [3.63, 3.8) is 0 Å². The molecule has 2 aromatic carbocycles. The molecule has 1 aliphatic carbocycles. The van der Waals surface area contributed by atoms with Gasteiger partial charge in [0.15, 0.2) is 5.78 Å². The second-order valence-electron chi connectivity index (χ2n) is 6.81. The van der Waals surface area contributed by atoms with Gasteiger partial charge in [-0.3, -0.25) is 4.79 Å². The molecule has 1 fully saturated rings. The smallest absolute Gasteiger partial charge is 0.185 e. The second kappa shape index (κ2) is 7.10. The third kappa shape index (κ3) is 3.30. The first-order valence-corrected chi connectivity index (χ1v) is 9.17. The van der Waals surface area contributed by atoms with Gasteiger partial charge in [-0.2, -0.15) is 0 Å². The van der Waals surface area contributed by atoms with Crippen LogP contribution < -0.4 is 0 Å². The van der Waals surface area contributed by atoms with Crippen LogP contribution in [-0.4, -0.2) is 23.8 Å². The first-order valence-electron chi connectivity index (χ1n) is 9.17. The lowest BCUT2D eigenvalue weighted by atomic mass is 10.0. The minimum absolute atomic E-state index is 0.0653. The van der Waals surface area contributed by atoms with E-state index in [2.05, 4.69) is 29.2 Å². The SMILES string of the molecule is O=C(/C=C/C1=C(N2CCCCC2)Cc2ccccc21)c1ccccc1. The van der Waals surface area contributed by atoms with Crippen molar-refractivity contribution in [2.45, 2.75) is 25.7 Å². The van der Waals surface area contributed by atoms with Crippen LogP contribution in [-0.2, 0) is 6.42 Å². The maximum absolute atomic E-state index is 12.5. The van der Waals surface area contributed by atoms with E-state index in [1.54, 1.807) is 6.08 Å². The van der Waals surface area contributed by atoms with Crippen molar-refractivity contribution in [1.82, 2.24) is 4.90 Å². The van der Waals surface area contributed by atoms with E-state index in [1.807, 2.05) is 36.4 Å². The van der Waals surface area contributed by atoms with Crippen LogP contribution in [0.25, 0.3) is 5.57 Å². The molecule has 0 aromatic heterocycles. The predicted octanol–water partition coefficient (Wildman–Crippen LogP) is 4.88. The number of ketones is 1. The van der Waals surface area contributed by atoms with Gasteiger partial charge in [-0.15, -0.1) is 0 Å². The average molecular weight is 329 g/mol. The van der Waals surface area contributed by atoms with Crippen molar-refractivity contribution in [1.29, 1.82) is 0 Å². The summed E-state index contributed by atoms with van der Waals surface area (Å²) >= 11 is 0. The summed E-state index contributed by atoms with van der Waals surface area (Å²) in [6.45, 7) is 2.26. The Morgan fingerprint density at radius 1 is 0.880 bits per heavy atom. The summed E-state index contributed by atoms with van der Waals surface area (Å²) in [5.41, 5.74) is 6.00. The van der Waals surface area contributed by atoms with Crippen LogP contribution in [0.1, 0.15) is 40.7 Å². The van der Waals surface area contributed by atoms with Crippen LogP contribution >= 0.6 is 0 Å². The van der Waals surface area contributed by atoms with E-state index < -0.39 is 0 Å². The number of rotatable bonds is 4. The maximum Gasteiger partial charge on any atom is 0.185 e. The lowest BCUT2D eigenvalue weighted by Gasteiger charge is -2.30. The number of likely N-dealkylation sites (tertiary alicyclic amines) is 1. The lowest BCUT2D eigenvalue weighted by molar-refractivity contribution is 0.104. The van der Waals surface area contributed by atoms with Gasteiger partial charge in [-0.05, 0) is 42.5 Å². The summed E-state index contributed by atoms with van der Waals surface area (Å²) in [6, 6.07) is 18.1. The Hall–Kier alpha value is -2.61. The van der Waals surface area contributed by atoms with E-state index in [0.717, 1.165) is 25.1 Å². The Labute approximate surface area is 149 Å². The van der Waals surface area contributed by atoms with E-state index in [1.165, 1.54) is 41.7 Å². The topological polar surface area (TPSA) is 20.3 Å². The molecule has 1 saturated heterocycles. The zero-order valence-electron chi connectivity index (χ0n) is 14.4. The highest BCUT2D eigenvalue weighted by atomic mass is 16.1. The van der Waals surface area contributed by atoms with Gasteiger partial charge in [0.2, 0.25) is 0 Å². The standard InChI is InChI=1S/C23H23NO/c25-23(18-9-3-1-4-10-18)14-13-21-20-12-6-5-11-19(20)17-22(21)24-15-7-2-8-16-24/h1,3-6,9-14H,2,7-8,15-17H2/b14-13+. The molecule has 0 bridgehead atoms. The molecule has 0 N–H and O–H groups in total. The van der Waals surface area contributed by atoms with Gasteiger partial charge in [-0.1, -0.05) is 54.6 Å². The van der Waals surface area contributed by atoms with Gasteiger partial charge >= 0.3 is 0 Å². The molecule has 0 spiro atoms. The molecule has 0 atom stereocenters. The van der Waals surface area contributed by atoms with E-state index in [4.69, 9.17) is 0 Å². The minimum atomic E-state index is 0.0653. The van der Waals surface area contributed by atoms with Crippen LogP contribution in [0.15, 0.2) is 72.4 Å². The van der Waals surface area contributed by atoms with Gasteiger partial charge in [-0.25, -0.2) is 0 Å². The van der Waals surface area contributed by atoms with Crippen LogP contribution in [0.4, 0.5) is 0 Å². The highest BCUT2D eigenvalue weighted by Gasteiger charge is 2.24. The third-order valence-electron chi connectivity index (χ3n) is 5.17. The summed E-state index contributed by atoms with van der Waals surface area (Å²) in [7, 11) is 0. The molecule has 1 heterocycles. The third-order valence-corrected chi connectivity index (χ3v) is 5.17. The number of nitrogens with zero attached hydrogens (tertiary/aromatic N) is 1. The van der Waals surface area contributed by atoms with Crippen LogP contribution in [0, 0.1) is 0 Å². The summed E-state index contributed by atoms with van der Waals surface area (Å²) < 4.78 is 0. The molecule has 0 radical (unpaired) electrons. The first-order chi connectivity index (χ1) is 12.3. The monoisotopic (exact) mass is 329 g/mol. The number of hydrogen-bond donors (Lipinski definition) is 0. The van der Waals surface area contributed by atoms with Gasteiger partial charge < -0.3 is 4.90 Å². The van der Waals surface area contributed by atoms with Gasteiger partial charge in [0.25, 0.3) is 0 Å². The fraction of sp³-hybridized carbons (Fsp3) is 0.261. The van der Waals surface area contributed by atoms with Crippen LogP contribution in [0.5, 0.6) is 0 Å². The number of fused-ring (bicyclic) bond motifs is 1. The summed E-state index contributed by atoms with van der Waals surface area (Å²) in [5, 5.41) is 0. The molecule has 4 rings (SSSR count). The van der Waals surface area contributed by atoms with E-state index in [0.29, 0.717) is 0 Å². The molecule has 2 heteroatoms. The zero-order valence-corrected chi connectivity index (χ0v) is 14.4. The van der Waals surface area contributed by atoms with Crippen molar-refractivity contribution < 1.29 is 4.79 Å². The quantitative estimate of drug-likeness (QED) is 0.588. The van der Waals surface area contributed by atoms with Crippen LogP contribution in [0.3, 0.4) is 0 Å². The van der Waals surface area contributed by atoms with Gasteiger partial charge in [0.05, 0.1) is 0 Å².